The van der Waals surface area contributed by atoms with Gasteiger partial charge in [0.1, 0.15) is 0 Å². The van der Waals surface area contributed by atoms with Crippen LogP contribution in [0.5, 0.6) is 0 Å². The molecule has 0 fully saturated rings. The van der Waals surface area contributed by atoms with E-state index in [4.69, 9.17) is 0 Å². The molecule has 2 heteroatoms. The van der Waals surface area contributed by atoms with E-state index in [0.717, 1.165) is 12.0 Å². The molecule has 0 amide bonds. The second-order valence-electron chi connectivity index (χ2n) is 2.17. The van der Waals surface area contributed by atoms with Crippen molar-refractivity contribution < 1.29 is 65.4 Å². The minimum Gasteiger partial charge on any atom is -0.358 e. The molecule has 76 valence electrons. The van der Waals surface area contributed by atoms with Crippen molar-refractivity contribution in [2.24, 2.45) is 0 Å². The summed E-state index contributed by atoms with van der Waals surface area (Å²) in [5.41, 5.74) is 2.47. The van der Waals surface area contributed by atoms with E-state index in [2.05, 4.69) is 26.0 Å². The van der Waals surface area contributed by atoms with Crippen LogP contribution in [0, 0.1) is 14.4 Å². The Labute approximate surface area is 140 Å². The smallest absolute Gasteiger partial charge is 0 e. The van der Waals surface area contributed by atoms with Crippen molar-refractivity contribution in [3.05, 3.63) is 49.7 Å². The average molecular weight is 342 g/mol. The van der Waals surface area contributed by atoms with Crippen molar-refractivity contribution in [1.29, 1.82) is 0 Å². The van der Waals surface area contributed by atoms with Gasteiger partial charge in [-0.05, 0) is 6.42 Å². The van der Waals surface area contributed by atoms with Crippen LogP contribution in [0.15, 0.2) is 24.3 Å². The van der Waals surface area contributed by atoms with E-state index in [-0.39, 0.29) is 72.8 Å². The molecule has 1 aromatic rings. The zero-order valence-electron chi connectivity index (χ0n) is 9.88. The molecule has 0 aliphatic rings. The fraction of sp³-hybridized carbons (Fsp3) is 0.333. The number of benzene rings is 1. The molecule has 1 aromatic carbocycles. The summed E-state index contributed by atoms with van der Waals surface area (Å²) >= 11 is 0. The van der Waals surface area contributed by atoms with Crippen molar-refractivity contribution in [3.63, 3.8) is 0 Å². The third kappa shape index (κ3) is 11.4. The van der Waals surface area contributed by atoms with E-state index in [1.165, 1.54) is 5.56 Å². The van der Waals surface area contributed by atoms with Crippen LogP contribution in [0.3, 0.4) is 0 Å². The Kier molecular flexibility index (Phi) is 29.3. The van der Waals surface area contributed by atoms with Crippen LogP contribution in [-0.4, -0.2) is 0 Å². The summed E-state index contributed by atoms with van der Waals surface area (Å²) in [5, 5.41) is 0. The van der Waals surface area contributed by atoms with Crippen LogP contribution in [0.1, 0.15) is 31.9 Å². The third-order valence-corrected chi connectivity index (χ3v) is 1.43. The van der Waals surface area contributed by atoms with Gasteiger partial charge in [0, 0.05) is 65.4 Å². The van der Waals surface area contributed by atoms with Gasteiger partial charge < -0.3 is 7.43 Å². The molecule has 1 rings (SSSR count). The fourth-order valence-corrected chi connectivity index (χ4v) is 0.775. The van der Waals surface area contributed by atoms with Gasteiger partial charge in [0.25, 0.3) is 0 Å². The van der Waals surface area contributed by atoms with Gasteiger partial charge in [0.05, 0.1) is 0 Å². The van der Waals surface area contributed by atoms with Gasteiger partial charge in [-0.25, -0.2) is 0 Å². The molecular formula is C12H20Y2-2. The van der Waals surface area contributed by atoms with E-state index in [0.29, 0.717) is 0 Å². The molecule has 0 saturated heterocycles. The predicted molar refractivity (Wildman–Crippen MR) is 58.0 cm³/mol. The van der Waals surface area contributed by atoms with Crippen LogP contribution >= 0.6 is 0 Å². The molecule has 0 aliphatic heterocycles. The fourth-order valence-electron chi connectivity index (χ4n) is 0.775. The Morgan fingerprint density at radius 3 is 1.64 bits per heavy atom. The molecule has 2 radical (unpaired) electrons. The molecule has 0 aliphatic carbocycles. The third-order valence-electron chi connectivity index (χ3n) is 1.43. The molecular weight excluding hydrogens is 322 g/mol. The van der Waals surface area contributed by atoms with Crippen molar-refractivity contribution >= 4 is 0 Å². The largest absolute Gasteiger partial charge is 0.358 e. The summed E-state index contributed by atoms with van der Waals surface area (Å²) in [6.07, 6.45) is 1.11. The molecule has 0 heterocycles. The SMILES string of the molecule is CC.[CH2-]c1ccc(CC)cc1.[CH3-].[Y].[Y]. The van der Waals surface area contributed by atoms with E-state index >= 15 is 0 Å². The summed E-state index contributed by atoms with van der Waals surface area (Å²) in [5.74, 6) is 0. The van der Waals surface area contributed by atoms with Crippen molar-refractivity contribution in [2.45, 2.75) is 27.2 Å². The van der Waals surface area contributed by atoms with Crippen molar-refractivity contribution in [2.75, 3.05) is 0 Å². The minimum absolute atomic E-state index is 0. The van der Waals surface area contributed by atoms with Crippen LogP contribution < -0.4 is 0 Å². The maximum atomic E-state index is 3.80. The van der Waals surface area contributed by atoms with Gasteiger partial charge in [-0.15, -0.1) is 12.1 Å². The van der Waals surface area contributed by atoms with E-state index in [1.807, 2.05) is 26.0 Å². The predicted octanol–water partition coefficient (Wildman–Crippen LogP) is 3.90. The summed E-state index contributed by atoms with van der Waals surface area (Å²) in [4.78, 5) is 0. The number of rotatable bonds is 1. The van der Waals surface area contributed by atoms with Crippen LogP contribution in [0.25, 0.3) is 0 Å². The molecule has 0 N–H and O–H groups in total. The zero-order valence-corrected chi connectivity index (χ0v) is 15.6. The van der Waals surface area contributed by atoms with Crippen LogP contribution in [-0.2, 0) is 71.8 Å². The Balaban J connectivity index is -0.0000000942. The molecule has 0 aromatic heterocycles. The standard InChI is InChI=1S/C9H11.C2H6.CH3.2Y/c1-3-9-6-4-8(2)5-7-9;1-2;;;/h4-7H,2-3H2,1H3;1-2H3;1H3;;/q-1;;-1;;. The van der Waals surface area contributed by atoms with Crippen molar-refractivity contribution in [1.82, 2.24) is 0 Å². The van der Waals surface area contributed by atoms with Crippen LogP contribution in [0.2, 0.25) is 0 Å². The summed E-state index contributed by atoms with van der Waals surface area (Å²) in [6, 6.07) is 8.31. The summed E-state index contributed by atoms with van der Waals surface area (Å²) < 4.78 is 0. The zero-order chi connectivity index (χ0) is 8.69. The summed E-state index contributed by atoms with van der Waals surface area (Å²) in [6.45, 7) is 9.95. The normalized spacial score (nSPS) is 6.50. The first kappa shape index (κ1) is 24.5. The van der Waals surface area contributed by atoms with Gasteiger partial charge in [0.15, 0.2) is 0 Å². The molecule has 0 bridgehead atoms. The Morgan fingerprint density at radius 1 is 1.00 bits per heavy atom. The molecule has 0 nitrogen and oxygen atoms in total. The number of hydrogen-bond donors (Lipinski definition) is 0. The molecule has 14 heavy (non-hydrogen) atoms. The van der Waals surface area contributed by atoms with E-state index in [1.54, 1.807) is 0 Å². The van der Waals surface area contributed by atoms with Crippen molar-refractivity contribution in [3.8, 4) is 0 Å². The van der Waals surface area contributed by atoms with E-state index < -0.39 is 0 Å². The van der Waals surface area contributed by atoms with Gasteiger partial charge in [-0.1, -0.05) is 26.3 Å². The second-order valence-corrected chi connectivity index (χ2v) is 2.17. The molecule has 0 unspecified atom stereocenters. The maximum Gasteiger partial charge on any atom is 0 e. The Hall–Kier alpha value is 1.30. The van der Waals surface area contributed by atoms with Gasteiger partial charge in [0.2, 0.25) is 0 Å². The molecule has 0 spiro atoms. The van der Waals surface area contributed by atoms with Gasteiger partial charge >= 0.3 is 0 Å². The minimum atomic E-state index is 0. The summed E-state index contributed by atoms with van der Waals surface area (Å²) in [7, 11) is 0. The van der Waals surface area contributed by atoms with Crippen LogP contribution in [0.4, 0.5) is 0 Å². The Bertz CT molecular complexity index is 180. The first-order chi connectivity index (χ1) is 5.33. The quantitative estimate of drug-likeness (QED) is 0.679. The second kappa shape index (κ2) is 16.7. The van der Waals surface area contributed by atoms with Gasteiger partial charge in [-0.3, -0.25) is 0 Å². The number of aryl methyl sites for hydroxylation is 1. The number of hydrogen-bond acceptors (Lipinski definition) is 0. The Morgan fingerprint density at radius 2 is 1.36 bits per heavy atom. The average Bonchev–Trinajstić information content (AvgIpc) is 2.10. The molecule has 0 atom stereocenters. The molecule has 0 saturated carbocycles. The first-order valence-electron chi connectivity index (χ1n) is 4.24. The van der Waals surface area contributed by atoms with Gasteiger partial charge in [-0.2, -0.15) is 24.6 Å². The monoisotopic (exact) mass is 342 g/mol. The van der Waals surface area contributed by atoms with E-state index in [9.17, 15) is 0 Å². The first-order valence-corrected chi connectivity index (χ1v) is 4.24. The topological polar surface area (TPSA) is 0 Å². The maximum absolute atomic E-state index is 3.80.